The Balaban J connectivity index is 1.77. The van der Waals surface area contributed by atoms with Crippen LogP contribution in [0.2, 0.25) is 0 Å². The molecular formula is C36H31N3O4. The van der Waals surface area contributed by atoms with E-state index in [2.05, 4.69) is 18.2 Å². The Kier molecular flexibility index (Phi) is 7.34. The molecule has 0 amide bonds. The zero-order chi connectivity index (χ0) is 30.1. The highest BCUT2D eigenvalue weighted by Gasteiger charge is 2.73. The van der Waals surface area contributed by atoms with Gasteiger partial charge in [-0.1, -0.05) is 97.1 Å². The molecule has 0 spiro atoms. The van der Waals surface area contributed by atoms with Crippen molar-refractivity contribution in [3.05, 3.63) is 126 Å². The van der Waals surface area contributed by atoms with E-state index in [1.807, 2.05) is 108 Å². The monoisotopic (exact) mass is 569 g/mol. The van der Waals surface area contributed by atoms with Crippen molar-refractivity contribution in [1.82, 2.24) is 0 Å². The van der Waals surface area contributed by atoms with E-state index in [-0.39, 0.29) is 23.3 Å². The van der Waals surface area contributed by atoms with Gasteiger partial charge in [-0.15, -0.1) is 0 Å². The quantitative estimate of drug-likeness (QED) is 0.267. The number of allylic oxidation sites excluding steroid dienone is 10. The van der Waals surface area contributed by atoms with Gasteiger partial charge in [0.05, 0.1) is 20.3 Å². The molecule has 0 bridgehead atoms. The number of benzene rings is 2. The number of hydrogen-bond donors (Lipinski definition) is 0. The Labute approximate surface area is 251 Å². The molecule has 0 aromatic heterocycles. The summed E-state index contributed by atoms with van der Waals surface area (Å²) in [6.45, 7) is 0. The third-order valence-electron chi connectivity index (χ3n) is 9.53. The molecular weight excluding hydrogens is 538 g/mol. The van der Waals surface area contributed by atoms with Crippen LogP contribution in [0.4, 0.5) is 5.69 Å². The van der Waals surface area contributed by atoms with Crippen molar-refractivity contribution < 1.29 is 19.1 Å². The predicted octanol–water partition coefficient (Wildman–Crippen LogP) is 5.64. The average molecular weight is 570 g/mol. The van der Waals surface area contributed by atoms with Gasteiger partial charge in [-0.05, 0) is 41.0 Å². The fourth-order valence-electron chi connectivity index (χ4n) is 8.14. The van der Waals surface area contributed by atoms with Gasteiger partial charge in [0, 0.05) is 23.4 Å². The molecule has 2 aromatic rings. The molecule has 6 rings (SSSR count). The minimum absolute atomic E-state index is 0.0581. The fourth-order valence-corrected chi connectivity index (χ4v) is 8.14. The molecule has 4 unspecified atom stereocenters. The minimum atomic E-state index is -1.89. The zero-order valence-electron chi connectivity index (χ0n) is 23.9. The van der Waals surface area contributed by atoms with E-state index < -0.39 is 41.3 Å². The van der Waals surface area contributed by atoms with Crippen molar-refractivity contribution in [3.8, 4) is 12.1 Å². The summed E-state index contributed by atoms with van der Waals surface area (Å²) in [5.74, 6) is -3.85. The molecule has 0 N–H and O–H groups in total. The Hall–Kier alpha value is -5.14. The summed E-state index contributed by atoms with van der Waals surface area (Å²) in [7, 11) is 2.60. The zero-order valence-corrected chi connectivity index (χ0v) is 23.9. The highest BCUT2D eigenvalue weighted by molar-refractivity contribution is 6.10. The maximum absolute atomic E-state index is 14.5. The second-order valence-corrected chi connectivity index (χ2v) is 11.2. The standard InChI is InChI=1S/C36H31N3O4/c1-42-34(40)36(35(41)43-2)32-29-20-12-11-19-28(29)30(24(21-37)22-38)26-17-9-10-18-27(26)31(32)33(23-13-5-3-6-14-23)39(36)25-15-7-4-8-16-25/h3-20,26-29,31-33H,1-2H3/t26?,27?,28?,29?,31-,32+,33+/m0/s1. The lowest BCUT2D eigenvalue weighted by molar-refractivity contribution is -0.164. The van der Waals surface area contributed by atoms with Gasteiger partial charge >= 0.3 is 11.9 Å². The van der Waals surface area contributed by atoms with E-state index >= 15 is 0 Å². The van der Waals surface area contributed by atoms with Crippen LogP contribution in [0.15, 0.2) is 120 Å². The van der Waals surface area contributed by atoms with Gasteiger partial charge in [0.1, 0.15) is 17.7 Å². The normalized spacial score (nSPS) is 29.3. The second kappa shape index (κ2) is 11.3. The maximum Gasteiger partial charge on any atom is 0.343 e. The molecule has 4 aliphatic rings. The van der Waals surface area contributed by atoms with Crippen molar-refractivity contribution in [1.29, 1.82) is 10.5 Å². The van der Waals surface area contributed by atoms with Crippen LogP contribution in [0.3, 0.4) is 0 Å². The third kappa shape index (κ3) is 4.07. The summed E-state index contributed by atoms with van der Waals surface area (Å²) in [6.07, 6.45) is 15.9. The Morgan fingerprint density at radius 1 is 0.744 bits per heavy atom. The van der Waals surface area contributed by atoms with E-state index in [9.17, 15) is 20.1 Å². The van der Waals surface area contributed by atoms with Crippen LogP contribution in [0.1, 0.15) is 11.6 Å². The van der Waals surface area contributed by atoms with Crippen molar-refractivity contribution in [2.45, 2.75) is 11.6 Å². The Morgan fingerprint density at radius 3 is 1.81 bits per heavy atom. The van der Waals surface area contributed by atoms with Gasteiger partial charge < -0.3 is 14.4 Å². The fraction of sp³-hybridized carbons (Fsp3) is 0.278. The smallest absolute Gasteiger partial charge is 0.343 e. The number of carbonyl (C=O) groups excluding carboxylic acids is 2. The molecule has 2 aromatic carbocycles. The number of nitrogens with zero attached hydrogens (tertiary/aromatic N) is 3. The first-order valence-electron chi connectivity index (χ1n) is 14.3. The van der Waals surface area contributed by atoms with Gasteiger partial charge in [-0.3, -0.25) is 0 Å². The second-order valence-electron chi connectivity index (χ2n) is 11.2. The first kappa shape index (κ1) is 28.0. The molecule has 1 saturated carbocycles. The van der Waals surface area contributed by atoms with Crippen molar-refractivity contribution in [2.24, 2.45) is 35.5 Å². The number of esters is 2. The summed E-state index contributed by atoms with van der Waals surface area (Å²) in [5, 5.41) is 20.3. The van der Waals surface area contributed by atoms with E-state index in [0.717, 1.165) is 5.56 Å². The van der Waals surface area contributed by atoms with Crippen LogP contribution in [-0.2, 0) is 19.1 Å². The lowest BCUT2D eigenvalue weighted by Crippen LogP contribution is -2.63. The lowest BCUT2D eigenvalue weighted by atomic mass is 9.64. The Bertz CT molecular complexity index is 1630. The van der Waals surface area contributed by atoms with Gasteiger partial charge in [-0.25, -0.2) is 9.59 Å². The van der Waals surface area contributed by atoms with Crippen LogP contribution in [0.25, 0.3) is 0 Å². The number of carbonyl (C=O) groups is 2. The maximum atomic E-state index is 14.5. The van der Waals surface area contributed by atoms with Crippen molar-refractivity contribution >= 4 is 17.6 Å². The van der Waals surface area contributed by atoms with Gasteiger partial charge in [0.25, 0.3) is 0 Å². The van der Waals surface area contributed by atoms with Crippen molar-refractivity contribution in [2.75, 3.05) is 19.1 Å². The average Bonchev–Trinajstić information content (AvgIpc) is 3.33. The number of para-hydroxylation sites is 1. The molecule has 214 valence electrons. The van der Waals surface area contributed by atoms with E-state index in [1.165, 1.54) is 14.2 Å². The lowest BCUT2D eigenvalue weighted by Gasteiger charge is -2.43. The van der Waals surface area contributed by atoms with E-state index in [4.69, 9.17) is 9.47 Å². The number of ether oxygens (including phenoxy) is 2. The molecule has 1 saturated heterocycles. The molecule has 1 heterocycles. The number of fused-ring (bicyclic) bond motifs is 5. The first-order chi connectivity index (χ1) is 21.0. The summed E-state index contributed by atoms with van der Waals surface area (Å²) in [4.78, 5) is 30.9. The highest BCUT2D eigenvalue weighted by atomic mass is 16.5. The Morgan fingerprint density at radius 2 is 1.26 bits per heavy atom. The summed E-state index contributed by atoms with van der Waals surface area (Å²) in [6, 6.07) is 23.2. The SMILES string of the molecule is COC(=O)C1(C(=O)OC)[C@@H]2C3C=CC=CC3C(=C(C#N)C#N)C3C=CC=CC3[C@@H]2[C@@H](c2ccccc2)N1c1ccccc1. The van der Waals surface area contributed by atoms with Crippen LogP contribution >= 0.6 is 0 Å². The molecule has 7 heteroatoms. The number of hydrogen-bond acceptors (Lipinski definition) is 7. The van der Waals surface area contributed by atoms with E-state index in [1.54, 1.807) is 0 Å². The molecule has 1 aliphatic heterocycles. The summed E-state index contributed by atoms with van der Waals surface area (Å²) in [5.41, 5.74) is 0.491. The van der Waals surface area contributed by atoms with Gasteiger partial charge in [0.2, 0.25) is 5.54 Å². The van der Waals surface area contributed by atoms with Crippen LogP contribution in [-0.4, -0.2) is 31.7 Å². The number of nitriles is 2. The highest BCUT2D eigenvalue weighted by Crippen LogP contribution is 2.64. The molecule has 3 aliphatic carbocycles. The minimum Gasteiger partial charge on any atom is -0.467 e. The van der Waals surface area contributed by atoms with Crippen molar-refractivity contribution in [3.63, 3.8) is 0 Å². The third-order valence-corrected chi connectivity index (χ3v) is 9.53. The topological polar surface area (TPSA) is 103 Å². The van der Waals surface area contributed by atoms with E-state index in [0.29, 0.717) is 11.3 Å². The number of methoxy groups -OCH3 is 2. The number of rotatable bonds is 4. The predicted molar refractivity (Wildman–Crippen MR) is 161 cm³/mol. The molecule has 7 atom stereocenters. The molecule has 2 fully saturated rings. The van der Waals surface area contributed by atoms with Gasteiger partial charge in [-0.2, -0.15) is 10.5 Å². The van der Waals surface area contributed by atoms with Gasteiger partial charge in [0.15, 0.2) is 0 Å². The number of anilines is 1. The molecule has 0 radical (unpaired) electrons. The first-order valence-corrected chi connectivity index (χ1v) is 14.3. The molecule has 43 heavy (non-hydrogen) atoms. The molecule has 7 nitrogen and oxygen atoms in total. The largest absolute Gasteiger partial charge is 0.467 e. The van der Waals surface area contributed by atoms with Crippen LogP contribution in [0.5, 0.6) is 0 Å². The summed E-state index contributed by atoms with van der Waals surface area (Å²) < 4.78 is 11.1. The summed E-state index contributed by atoms with van der Waals surface area (Å²) >= 11 is 0. The van der Waals surface area contributed by atoms with Crippen LogP contribution < -0.4 is 4.90 Å². The van der Waals surface area contributed by atoms with Crippen LogP contribution in [0, 0.1) is 58.2 Å².